The van der Waals surface area contributed by atoms with Gasteiger partial charge < -0.3 is 9.84 Å². The summed E-state index contributed by atoms with van der Waals surface area (Å²) in [5.74, 6) is -0.784. The second-order valence-electron chi connectivity index (χ2n) is 9.51. The molecule has 0 radical (unpaired) electrons. The molecule has 1 fully saturated rings. The first-order valence-corrected chi connectivity index (χ1v) is 12.1. The predicted octanol–water partition coefficient (Wildman–Crippen LogP) is 4.82. The quantitative estimate of drug-likeness (QED) is 0.571. The Morgan fingerprint density at radius 3 is 2.72 bits per heavy atom. The lowest BCUT2D eigenvalue weighted by Crippen LogP contribution is -2.33. The molecule has 4 rings (SSSR count). The third-order valence-corrected chi connectivity index (χ3v) is 6.75. The van der Waals surface area contributed by atoms with E-state index in [1.54, 1.807) is 0 Å². The molecule has 1 aliphatic carbocycles. The highest BCUT2D eigenvalue weighted by atomic mass is 16.5. The maximum atomic E-state index is 12.1. The molecular weight excluding hydrogens is 400 g/mol. The number of aryl methyl sites for hydroxylation is 5. The number of pyridine rings is 1. The summed E-state index contributed by atoms with van der Waals surface area (Å²) in [4.78, 5) is 19.0. The van der Waals surface area contributed by atoms with E-state index in [4.69, 9.17) is 9.72 Å². The van der Waals surface area contributed by atoms with Crippen LogP contribution in [-0.2, 0) is 28.8 Å². The predicted molar refractivity (Wildman–Crippen MR) is 126 cm³/mol. The van der Waals surface area contributed by atoms with Crippen molar-refractivity contribution in [2.45, 2.75) is 77.4 Å². The Balaban J connectivity index is 1.22. The summed E-state index contributed by atoms with van der Waals surface area (Å²) in [7, 11) is 0. The van der Waals surface area contributed by atoms with E-state index in [1.807, 2.05) is 26.0 Å². The van der Waals surface area contributed by atoms with Crippen LogP contribution in [-0.4, -0.2) is 46.8 Å². The summed E-state index contributed by atoms with van der Waals surface area (Å²) in [6.45, 7) is 6.20. The van der Waals surface area contributed by atoms with Gasteiger partial charge in [-0.2, -0.15) is 0 Å². The van der Waals surface area contributed by atoms with Gasteiger partial charge in [0, 0.05) is 31.1 Å². The molecule has 2 aromatic rings. The molecule has 0 spiro atoms. The fraction of sp³-hybridized carbons (Fsp3) is 0.556. The van der Waals surface area contributed by atoms with Crippen LogP contribution < -0.4 is 0 Å². The number of benzene rings is 1. The molecule has 5 nitrogen and oxygen atoms in total. The third kappa shape index (κ3) is 5.76. The molecule has 1 N–H and O–H groups in total. The molecule has 1 aliphatic heterocycles. The number of carboxylic acid groups (broad SMARTS) is 1. The average molecular weight is 437 g/mol. The van der Waals surface area contributed by atoms with Gasteiger partial charge in [0.2, 0.25) is 0 Å². The Bertz CT molecular complexity index is 922. The topological polar surface area (TPSA) is 62.7 Å². The molecule has 172 valence electrons. The molecule has 1 aromatic carbocycles. The smallest absolute Gasteiger partial charge is 0.325 e. The number of aromatic nitrogens is 1. The zero-order valence-electron chi connectivity index (χ0n) is 19.5. The van der Waals surface area contributed by atoms with Crippen LogP contribution in [0, 0.1) is 13.8 Å². The van der Waals surface area contributed by atoms with E-state index in [-0.39, 0.29) is 6.10 Å². The van der Waals surface area contributed by atoms with Crippen molar-refractivity contribution < 1.29 is 14.6 Å². The lowest BCUT2D eigenvalue weighted by atomic mass is 9.95. The summed E-state index contributed by atoms with van der Waals surface area (Å²) in [6, 6.07) is 9.94. The summed E-state index contributed by atoms with van der Waals surface area (Å²) in [5.41, 5.74) is 7.03. The maximum absolute atomic E-state index is 12.1. The summed E-state index contributed by atoms with van der Waals surface area (Å²) < 4.78 is 6.12. The van der Waals surface area contributed by atoms with Crippen molar-refractivity contribution >= 4 is 5.97 Å². The van der Waals surface area contributed by atoms with Crippen molar-refractivity contribution in [3.05, 3.63) is 64.0 Å². The lowest BCUT2D eigenvalue weighted by molar-refractivity contribution is -0.143. The van der Waals surface area contributed by atoms with Crippen LogP contribution in [0.25, 0.3) is 0 Å². The van der Waals surface area contributed by atoms with Gasteiger partial charge in [0.15, 0.2) is 0 Å². The SMILES string of the molecule is Cc1cc(C)cc([C@H](C(=O)O)N2CC[C@@H](OCCCCc3ccc4c(n3)CCCC4)C2)c1. The number of rotatable bonds is 9. The molecule has 0 saturated carbocycles. The van der Waals surface area contributed by atoms with Crippen LogP contribution >= 0.6 is 0 Å². The number of hydrogen-bond acceptors (Lipinski definition) is 4. The third-order valence-electron chi connectivity index (χ3n) is 6.75. The standard InChI is InChI=1S/C27H36N2O3/c1-19-15-20(2)17-22(16-19)26(27(30)31)29-13-12-24(18-29)32-14-6-5-8-23-11-10-21-7-3-4-9-25(21)28-23/h10-11,15-17,24,26H,3-9,12-14,18H2,1-2H3,(H,30,31)/t24-,26-/m1/s1. The number of unbranched alkanes of at least 4 members (excludes halogenated alkanes) is 1. The zero-order chi connectivity index (χ0) is 22.5. The highest BCUT2D eigenvalue weighted by Gasteiger charge is 2.34. The van der Waals surface area contributed by atoms with E-state index in [0.29, 0.717) is 6.54 Å². The first-order chi connectivity index (χ1) is 15.5. The van der Waals surface area contributed by atoms with Crippen LogP contribution in [0.4, 0.5) is 0 Å². The second kappa shape index (κ2) is 10.6. The Hall–Kier alpha value is -2.24. The van der Waals surface area contributed by atoms with E-state index in [1.165, 1.54) is 36.2 Å². The molecule has 5 heteroatoms. The molecule has 0 bridgehead atoms. The first-order valence-electron chi connectivity index (χ1n) is 12.1. The highest BCUT2D eigenvalue weighted by Crippen LogP contribution is 2.28. The first kappa shape index (κ1) is 22.9. The normalized spacial score (nSPS) is 19.6. The number of carboxylic acids is 1. The molecule has 2 heterocycles. The summed E-state index contributed by atoms with van der Waals surface area (Å²) in [5, 5.41) is 9.89. The number of hydrogen-bond donors (Lipinski definition) is 1. The maximum Gasteiger partial charge on any atom is 0.325 e. The van der Waals surface area contributed by atoms with Crippen LogP contribution in [0.1, 0.15) is 71.8 Å². The second-order valence-corrected chi connectivity index (χ2v) is 9.51. The minimum absolute atomic E-state index is 0.115. The fourth-order valence-electron chi connectivity index (χ4n) is 5.23. The number of nitrogens with zero attached hydrogens (tertiary/aromatic N) is 2. The van der Waals surface area contributed by atoms with Crippen molar-refractivity contribution in [1.29, 1.82) is 0 Å². The van der Waals surface area contributed by atoms with Gasteiger partial charge in [-0.3, -0.25) is 14.7 Å². The number of ether oxygens (including phenoxy) is 1. The van der Waals surface area contributed by atoms with Crippen LogP contribution in [0.15, 0.2) is 30.3 Å². The average Bonchev–Trinajstić information content (AvgIpc) is 3.20. The molecule has 2 atom stereocenters. The van der Waals surface area contributed by atoms with Crippen LogP contribution in [0.2, 0.25) is 0 Å². The molecule has 1 saturated heterocycles. The van der Waals surface area contributed by atoms with E-state index in [0.717, 1.165) is 61.9 Å². The zero-order valence-corrected chi connectivity index (χ0v) is 19.5. The Kier molecular flexibility index (Phi) is 7.59. The fourth-order valence-corrected chi connectivity index (χ4v) is 5.23. The molecule has 32 heavy (non-hydrogen) atoms. The Labute approximate surface area is 191 Å². The molecule has 2 aliphatic rings. The largest absolute Gasteiger partial charge is 0.480 e. The minimum atomic E-state index is -0.784. The van der Waals surface area contributed by atoms with E-state index >= 15 is 0 Å². The van der Waals surface area contributed by atoms with Crippen molar-refractivity contribution in [1.82, 2.24) is 9.88 Å². The van der Waals surface area contributed by atoms with E-state index in [9.17, 15) is 9.90 Å². The van der Waals surface area contributed by atoms with Gasteiger partial charge in [-0.1, -0.05) is 35.4 Å². The lowest BCUT2D eigenvalue weighted by Gasteiger charge is -2.25. The number of aliphatic carboxylic acids is 1. The van der Waals surface area contributed by atoms with Crippen molar-refractivity contribution in [3.63, 3.8) is 0 Å². The monoisotopic (exact) mass is 436 g/mol. The van der Waals surface area contributed by atoms with E-state index < -0.39 is 12.0 Å². The van der Waals surface area contributed by atoms with Crippen molar-refractivity contribution in [2.24, 2.45) is 0 Å². The van der Waals surface area contributed by atoms with Gasteiger partial charge >= 0.3 is 5.97 Å². The van der Waals surface area contributed by atoms with Gasteiger partial charge in [-0.15, -0.1) is 0 Å². The highest BCUT2D eigenvalue weighted by molar-refractivity contribution is 5.75. The number of likely N-dealkylation sites (tertiary alicyclic amines) is 1. The Morgan fingerprint density at radius 2 is 1.94 bits per heavy atom. The van der Waals surface area contributed by atoms with Gasteiger partial charge in [0.1, 0.15) is 6.04 Å². The molecule has 0 amide bonds. The summed E-state index contributed by atoms with van der Waals surface area (Å²) in [6.07, 6.45) is 8.96. The van der Waals surface area contributed by atoms with Crippen molar-refractivity contribution in [2.75, 3.05) is 19.7 Å². The van der Waals surface area contributed by atoms with E-state index in [2.05, 4.69) is 23.1 Å². The number of carbonyl (C=O) groups is 1. The molecule has 1 aromatic heterocycles. The van der Waals surface area contributed by atoms with Gasteiger partial charge in [0.25, 0.3) is 0 Å². The minimum Gasteiger partial charge on any atom is -0.480 e. The molecular formula is C27H36N2O3. The van der Waals surface area contributed by atoms with Crippen LogP contribution in [0.5, 0.6) is 0 Å². The van der Waals surface area contributed by atoms with Crippen molar-refractivity contribution in [3.8, 4) is 0 Å². The van der Waals surface area contributed by atoms with Crippen LogP contribution in [0.3, 0.4) is 0 Å². The summed E-state index contributed by atoms with van der Waals surface area (Å²) >= 11 is 0. The Morgan fingerprint density at radius 1 is 1.16 bits per heavy atom. The van der Waals surface area contributed by atoms with Gasteiger partial charge in [0.05, 0.1) is 6.10 Å². The van der Waals surface area contributed by atoms with Gasteiger partial charge in [-0.25, -0.2) is 0 Å². The molecule has 0 unspecified atom stereocenters. The number of fused-ring (bicyclic) bond motifs is 1. The van der Waals surface area contributed by atoms with Gasteiger partial charge in [-0.05, 0) is 82.4 Å².